The van der Waals surface area contributed by atoms with Gasteiger partial charge in [-0.15, -0.1) is 5.10 Å². The van der Waals surface area contributed by atoms with Crippen molar-refractivity contribution in [2.45, 2.75) is 177 Å². The second kappa shape index (κ2) is 16.6. The van der Waals surface area contributed by atoms with Crippen LogP contribution in [0.1, 0.15) is 145 Å². The molecule has 1 saturated heterocycles. The molecule has 7 rings (SSSR count). The van der Waals surface area contributed by atoms with Gasteiger partial charge >= 0.3 is 29.8 Å². The molecule has 1 aromatic heterocycles. The van der Waals surface area contributed by atoms with E-state index in [1.54, 1.807) is 6.20 Å². The smallest absolute Gasteiger partial charge is 0.309 e. The number of carbonyl (C=O) groups excluding carboxylic acids is 4. The Morgan fingerprint density at radius 3 is 2.06 bits per heavy atom. The highest BCUT2D eigenvalue weighted by molar-refractivity contribution is 5.76. The monoisotopic (exact) mass is 867 g/mol. The number of rotatable bonds is 11. The summed E-state index contributed by atoms with van der Waals surface area (Å²) < 4.78 is 36.4. The van der Waals surface area contributed by atoms with E-state index in [1.807, 2.05) is 0 Å². The summed E-state index contributed by atoms with van der Waals surface area (Å²) in [6.45, 7) is 23.4. The number of nitrogens with zero attached hydrogens (tertiary/aromatic N) is 3. The Morgan fingerprint density at radius 1 is 0.774 bits per heavy atom. The molecule has 1 aliphatic heterocycles. The molecule has 344 valence electrons. The van der Waals surface area contributed by atoms with Crippen LogP contribution >= 0.6 is 0 Å². The Kier molecular flexibility index (Phi) is 12.4. The summed E-state index contributed by atoms with van der Waals surface area (Å²) in [7, 11) is 0. The van der Waals surface area contributed by atoms with Gasteiger partial charge in [-0.05, 0) is 122 Å². The fraction of sp³-hybridized carbons (Fsp3) is 0.809. The second-order valence-electron chi connectivity index (χ2n) is 21.1. The fourth-order valence-corrected chi connectivity index (χ4v) is 14.9. The zero-order valence-electron chi connectivity index (χ0n) is 38.4. The van der Waals surface area contributed by atoms with Gasteiger partial charge in [0, 0.05) is 27.7 Å². The molecule has 0 spiro atoms. The molecular weight excluding hydrogens is 799 g/mol. The first-order valence-corrected chi connectivity index (χ1v) is 22.7. The van der Waals surface area contributed by atoms with E-state index >= 15 is 0 Å². The summed E-state index contributed by atoms with van der Waals surface area (Å²) in [4.78, 5) is 61.9. The molecule has 1 N–H and O–H groups in total. The van der Waals surface area contributed by atoms with Crippen molar-refractivity contribution in [1.82, 2.24) is 15.0 Å². The lowest BCUT2D eigenvalue weighted by atomic mass is 9.32. The van der Waals surface area contributed by atoms with Crippen molar-refractivity contribution in [3.8, 4) is 0 Å². The zero-order chi connectivity index (χ0) is 45.3. The first-order valence-electron chi connectivity index (χ1n) is 22.7. The van der Waals surface area contributed by atoms with Crippen LogP contribution in [0.4, 0.5) is 0 Å². The first-order chi connectivity index (χ1) is 29.0. The quantitative estimate of drug-likeness (QED) is 0.134. The number of carboxylic acids is 1. The van der Waals surface area contributed by atoms with Gasteiger partial charge in [0.15, 0.2) is 24.5 Å². The highest BCUT2D eigenvalue weighted by Gasteiger charge is 2.72. The zero-order valence-corrected chi connectivity index (χ0v) is 38.4. The van der Waals surface area contributed by atoms with Crippen molar-refractivity contribution in [2.75, 3.05) is 6.61 Å². The molecule has 15 nitrogen and oxygen atoms in total. The molecule has 0 amide bonds. The Hall–Kier alpha value is -3.85. The molecule has 0 aromatic carbocycles. The lowest BCUT2D eigenvalue weighted by molar-refractivity contribution is -0.270. The molecule has 0 unspecified atom stereocenters. The standard InChI is InChI=1S/C47H69N3O12/c1-25(2)31-14-19-47(42(55)56)21-20-45(10)32(37(31)47)12-13-35-44(9)17-16-36(43(7,8)34(44)15-18-46(35,45)11)58-23-30-22-50(49-48-30)41-40(61-29(6)54)39(60-28(5)53)38(59-27(4)52)33(62-41)24-57-26(3)51/h22,31-41H,1,12-21,23-24H2,2-11H3,(H,55,56)/t31-,32+,33+,34-,35+,36-,37+,38+,39-,40+,41+,44-,45+,46+,47-/m0/s1. The molecule has 62 heavy (non-hydrogen) atoms. The van der Waals surface area contributed by atoms with E-state index in [2.05, 4.69) is 58.4 Å². The van der Waals surface area contributed by atoms with Crippen LogP contribution in [-0.4, -0.2) is 87.1 Å². The van der Waals surface area contributed by atoms with Gasteiger partial charge in [0.25, 0.3) is 0 Å². The molecule has 1 aromatic rings. The SMILES string of the molecule is C=C(C)[C@@H]1CC[C@]2(C(=O)O)CC[C@]3(C)[C@H](CC[C@@H]4[C@@]5(C)CC[C@H](OCc6cn([C@@H]7O[C@H](COC(C)=O)[C@@H](OC(C)=O)[C@H](OC(C)=O)[C@H]7OC(C)=O)nn6)C(C)(C)[C@@H]5CC[C@]43C)[C@@H]12. The van der Waals surface area contributed by atoms with E-state index in [1.165, 1.54) is 32.4 Å². The van der Waals surface area contributed by atoms with Gasteiger partial charge in [0.05, 0.1) is 24.3 Å². The molecule has 5 saturated carbocycles. The van der Waals surface area contributed by atoms with Crippen molar-refractivity contribution in [3.05, 3.63) is 24.0 Å². The lowest BCUT2D eigenvalue weighted by Gasteiger charge is -2.72. The Morgan fingerprint density at radius 2 is 1.44 bits per heavy atom. The lowest BCUT2D eigenvalue weighted by Crippen LogP contribution is -2.67. The fourth-order valence-electron chi connectivity index (χ4n) is 14.9. The average Bonchev–Trinajstić information content (AvgIpc) is 3.81. The van der Waals surface area contributed by atoms with Crippen molar-refractivity contribution in [2.24, 2.45) is 56.7 Å². The number of carbonyl (C=O) groups is 5. The first kappa shape index (κ1) is 46.2. The summed E-state index contributed by atoms with van der Waals surface area (Å²) >= 11 is 0. The number of aromatic nitrogens is 3. The van der Waals surface area contributed by atoms with Gasteiger partial charge in [-0.2, -0.15) is 0 Å². The van der Waals surface area contributed by atoms with Crippen LogP contribution in [0.15, 0.2) is 18.3 Å². The predicted molar refractivity (Wildman–Crippen MR) is 222 cm³/mol. The van der Waals surface area contributed by atoms with E-state index in [9.17, 15) is 29.1 Å². The highest BCUT2D eigenvalue weighted by atomic mass is 16.7. The maximum Gasteiger partial charge on any atom is 0.309 e. The third kappa shape index (κ3) is 7.58. The van der Waals surface area contributed by atoms with Crippen LogP contribution in [0, 0.1) is 56.7 Å². The molecular formula is C47H69N3O12. The molecule has 5 aliphatic carbocycles. The minimum absolute atomic E-state index is 0.0471. The largest absolute Gasteiger partial charge is 0.481 e. The van der Waals surface area contributed by atoms with E-state index in [4.69, 9.17) is 28.4 Å². The van der Waals surface area contributed by atoms with Crippen molar-refractivity contribution in [1.29, 1.82) is 0 Å². The molecule has 0 radical (unpaired) electrons. The molecule has 15 atom stereocenters. The minimum Gasteiger partial charge on any atom is -0.481 e. The summed E-state index contributed by atoms with van der Waals surface area (Å²) in [5.41, 5.74) is 1.07. The van der Waals surface area contributed by atoms with E-state index in [0.29, 0.717) is 23.4 Å². The molecule has 6 fully saturated rings. The normalized spacial score (nSPS) is 41.9. The number of ether oxygens (including phenoxy) is 6. The van der Waals surface area contributed by atoms with Gasteiger partial charge in [0.2, 0.25) is 0 Å². The molecule has 6 aliphatic rings. The van der Waals surface area contributed by atoms with Crippen LogP contribution in [-0.2, 0) is 59.0 Å². The van der Waals surface area contributed by atoms with Crippen LogP contribution in [0.2, 0.25) is 0 Å². The number of hydrogen-bond donors (Lipinski definition) is 1. The number of allylic oxidation sites excluding steroid dienone is 1. The van der Waals surface area contributed by atoms with E-state index < -0.39 is 65.9 Å². The van der Waals surface area contributed by atoms with Crippen LogP contribution < -0.4 is 0 Å². The van der Waals surface area contributed by atoms with Crippen molar-refractivity contribution >= 4 is 29.8 Å². The molecule has 0 bridgehead atoms. The van der Waals surface area contributed by atoms with Crippen molar-refractivity contribution in [3.63, 3.8) is 0 Å². The number of hydrogen-bond acceptors (Lipinski definition) is 13. The Balaban J connectivity index is 1.08. The molecule has 2 heterocycles. The topological polar surface area (TPSA) is 192 Å². The second-order valence-corrected chi connectivity index (χ2v) is 21.1. The van der Waals surface area contributed by atoms with Gasteiger partial charge in [-0.25, -0.2) is 4.68 Å². The van der Waals surface area contributed by atoms with E-state index in [-0.39, 0.29) is 52.8 Å². The molecule has 15 heteroatoms. The average molecular weight is 868 g/mol. The van der Waals surface area contributed by atoms with Crippen molar-refractivity contribution < 1.29 is 57.5 Å². The van der Waals surface area contributed by atoms with Gasteiger partial charge in [-0.3, -0.25) is 24.0 Å². The maximum atomic E-state index is 13.1. The number of carboxylic acid groups (broad SMARTS) is 1. The highest BCUT2D eigenvalue weighted by Crippen LogP contribution is 2.77. The van der Waals surface area contributed by atoms with Gasteiger partial charge in [-0.1, -0.05) is 52.0 Å². The Bertz CT molecular complexity index is 1950. The summed E-state index contributed by atoms with van der Waals surface area (Å²) in [6.07, 6.45) is 5.00. The number of fused-ring (bicyclic) bond motifs is 7. The summed E-state index contributed by atoms with van der Waals surface area (Å²) in [6, 6.07) is 0. The minimum atomic E-state index is -1.33. The van der Waals surface area contributed by atoms with Gasteiger partial charge in [0.1, 0.15) is 18.4 Å². The van der Waals surface area contributed by atoms with Crippen LogP contribution in [0.5, 0.6) is 0 Å². The predicted octanol–water partition coefficient (Wildman–Crippen LogP) is 7.16. The Labute approximate surface area is 365 Å². The third-order valence-corrected chi connectivity index (χ3v) is 17.6. The third-order valence-electron chi connectivity index (χ3n) is 17.6. The summed E-state index contributed by atoms with van der Waals surface area (Å²) in [5, 5.41) is 19.5. The maximum absolute atomic E-state index is 13.1. The van der Waals surface area contributed by atoms with Crippen LogP contribution in [0.3, 0.4) is 0 Å². The number of aliphatic carboxylic acids is 1. The van der Waals surface area contributed by atoms with Gasteiger partial charge < -0.3 is 33.5 Å². The van der Waals surface area contributed by atoms with E-state index in [0.717, 1.165) is 69.8 Å². The summed E-state index contributed by atoms with van der Waals surface area (Å²) in [5.74, 6) is -1.64. The number of esters is 4. The van der Waals surface area contributed by atoms with Crippen LogP contribution in [0.25, 0.3) is 0 Å².